The van der Waals surface area contributed by atoms with Gasteiger partial charge in [-0.25, -0.2) is 0 Å². The molecule has 2 atom stereocenters. The average Bonchev–Trinajstić information content (AvgIpc) is 3.09. The molecule has 3 aromatic rings. The summed E-state index contributed by atoms with van der Waals surface area (Å²) in [6, 6.07) is 9.17. The molecule has 0 aliphatic heterocycles. The van der Waals surface area contributed by atoms with E-state index in [1.54, 1.807) is 18.2 Å². The molecular weight excluding hydrogens is 345 g/mol. The number of rotatable bonds is 3. The number of hydrogen-bond donors (Lipinski definition) is 1. The van der Waals surface area contributed by atoms with E-state index in [9.17, 15) is 13.2 Å². The molecule has 1 aliphatic rings. The number of alkyl halides is 3. The monoisotopic (exact) mass is 362 g/mol. The van der Waals surface area contributed by atoms with Crippen molar-refractivity contribution in [3.63, 3.8) is 0 Å². The van der Waals surface area contributed by atoms with Crippen molar-refractivity contribution in [2.45, 2.75) is 43.8 Å². The van der Waals surface area contributed by atoms with Gasteiger partial charge in [0.25, 0.3) is 0 Å². The van der Waals surface area contributed by atoms with Crippen molar-refractivity contribution in [3.8, 4) is 0 Å². The van der Waals surface area contributed by atoms with Crippen LogP contribution < -0.4 is 5.32 Å². The van der Waals surface area contributed by atoms with E-state index in [0.29, 0.717) is 11.5 Å². The highest BCUT2D eigenvalue weighted by Crippen LogP contribution is 2.36. The lowest BCUT2D eigenvalue weighted by atomic mass is 9.80. The Kier molecular flexibility index (Phi) is 4.21. The zero-order valence-corrected chi connectivity index (χ0v) is 13.8. The number of nitrogens with one attached hydrogen (secondary N) is 1. The minimum Gasteiger partial charge on any atom is -0.365 e. The van der Waals surface area contributed by atoms with Crippen molar-refractivity contribution in [2.75, 3.05) is 5.32 Å². The van der Waals surface area contributed by atoms with Gasteiger partial charge in [-0.1, -0.05) is 25.0 Å². The standard InChI is InChI=1S/C17H17F3N6/c18-17(19,20)12-7-5-11(6-8-12)13-3-1-2-4-14(13)21-15-9-10-16-22-24-25-26(16)23-15/h5-10,13-14H,1-4H2,(H,21,23)/t13-,14+/m1/s1. The lowest BCUT2D eigenvalue weighted by Crippen LogP contribution is -2.31. The van der Waals surface area contributed by atoms with Gasteiger partial charge in [0.15, 0.2) is 5.65 Å². The Morgan fingerprint density at radius 1 is 1.00 bits per heavy atom. The molecule has 1 aromatic carbocycles. The van der Waals surface area contributed by atoms with Crippen LogP contribution in [0.25, 0.3) is 5.65 Å². The van der Waals surface area contributed by atoms with Crippen LogP contribution in [0, 0.1) is 0 Å². The fraction of sp³-hybridized carbons (Fsp3) is 0.412. The summed E-state index contributed by atoms with van der Waals surface area (Å²) in [5, 5.41) is 18.9. The number of benzene rings is 1. The largest absolute Gasteiger partial charge is 0.416 e. The van der Waals surface area contributed by atoms with Crippen molar-refractivity contribution in [1.29, 1.82) is 0 Å². The molecule has 9 heteroatoms. The number of halogens is 3. The van der Waals surface area contributed by atoms with Gasteiger partial charge in [-0.3, -0.25) is 0 Å². The number of aromatic nitrogens is 5. The first-order chi connectivity index (χ1) is 12.5. The molecule has 0 saturated heterocycles. The van der Waals surface area contributed by atoms with Crippen molar-refractivity contribution in [2.24, 2.45) is 0 Å². The predicted octanol–water partition coefficient (Wildman–Crippen LogP) is 3.68. The molecule has 6 nitrogen and oxygen atoms in total. The molecule has 0 amide bonds. The van der Waals surface area contributed by atoms with Crippen molar-refractivity contribution < 1.29 is 13.2 Å². The number of hydrogen-bond acceptors (Lipinski definition) is 5. The Labute approximate surface area is 147 Å². The lowest BCUT2D eigenvalue weighted by molar-refractivity contribution is -0.137. The van der Waals surface area contributed by atoms with E-state index in [2.05, 4.69) is 25.9 Å². The lowest BCUT2D eigenvalue weighted by Gasteiger charge is -2.33. The molecule has 2 aromatic heterocycles. The van der Waals surface area contributed by atoms with Crippen LogP contribution in [0.3, 0.4) is 0 Å². The number of tetrazole rings is 1. The number of fused-ring (bicyclic) bond motifs is 1. The van der Waals surface area contributed by atoms with Crippen LogP contribution in [0.15, 0.2) is 36.4 Å². The van der Waals surface area contributed by atoms with Crippen LogP contribution in [-0.4, -0.2) is 31.3 Å². The normalized spacial score (nSPS) is 21.0. The fourth-order valence-electron chi connectivity index (χ4n) is 3.54. The van der Waals surface area contributed by atoms with E-state index in [0.717, 1.165) is 43.4 Å². The molecular formula is C17H17F3N6. The molecule has 136 valence electrons. The highest BCUT2D eigenvalue weighted by atomic mass is 19.4. The second kappa shape index (κ2) is 6.54. The SMILES string of the molecule is FC(F)(F)c1ccc([C@H]2CCCC[C@@H]2Nc2ccc3nnnn3n2)cc1. The highest BCUT2D eigenvalue weighted by molar-refractivity contribution is 5.43. The van der Waals surface area contributed by atoms with Gasteiger partial charge in [0.05, 0.1) is 5.56 Å². The summed E-state index contributed by atoms with van der Waals surface area (Å²) in [7, 11) is 0. The summed E-state index contributed by atoms with van der Waals surface area (Å²) in [5.41, 5.74) is 0.851. The maximum atomic E-state index is 12.8. The van der Waals surface area contributed by atoms with Crippen molar-refractivity contribution in [3.05, 3.63) is 47.5 Å². The van der Waals surface area contributed by atoms with E-state index < -0.39 is 11.7 Å². The van der Waals surface area contributed by atoms with Gasteiger partial charge in [-0.05, 0) is 53.1 Å². The Hall–Kier alpha value is -2.71. The van der Waals surface area contributed by atoms with Gasteiger partial charge in [0.2, 0.25) is 0 Å². The number of nitrogens with zero attached hydrogens (tertiary/aromatic N) is 5. The summed E-state index contributed by atoms with van der Waals surface area (Å²) in [6.07, 6.45) is -0.323. The molecule has 26 heavy (non-hydrogen) atoms. The van der Waals surface area contributed by atoms with Crippen LogP contribution in [0.5, 0.6) is 0 Å². The van der Waals surface area contributed by atoms with Crippen molar-refractivity contribution >= 4 is 11.5 Å². The van der Waals surface area contributed by atoms with E-state index in [1.807, 2.05) is 6.07 Å². The van der Waals surface area contributed by atoms with Crippen LogP contribution in [0.4, 0.5) is 19.0 Å². The van der Waals surface area contributed by atoms with Gasteiger partial charge < -0.3 is 5.32 Å². The fourth-order valence-corrected chi connectivity index (χ4v) is 3.54. The van der Waals surface area contributed by atoms with E-state index in [1.165, 1.54) is 4.63 Å². The summed E-state index contributed by atoms with van der Waals surface area (Å²) in [6.45, 7) is 0. The minimum absolute atomic E-state index is 0.0990. The molecule has 0 spiro atoms. The van der Waals surface area contributed by atoms with E-state index in [4.69, 9.17) is 0 Å². The molecule has 1 aliphatic carbocycles. The van der Waals surface area contributed by atoms with E-state index in [-0.39, 0.29) is 12.0 Å². The molecule has 1 saturated carbocycles. The third-order valence-electron chi connectivity index (χ3n) is 4.83. The van der Waals surface area contributed by atoms with Gasteiger partial charge >= 0.3 is 6.18 Å². The topological polar surface area (TPSA) is 68.0 Å². The van der Waals surface area contributed by atoms with Gasteiger partial charge in [0, 0.05) is 12.0 Å². The van der Waals surface area contributed by atoms with Gasteiger partial charge in [0.1, 0.15) is 5.82 Å². The summed E-state index contributed by atoms with van der Waals surface area (Å²) in [4.78, 5) is 0. The molecule has 1 N–H and O–H groups in total. The third-order valence-corrected chi connectivity index (χ3v) is 4.83. The average molecular weight is 362 g/mol. The minimum atomic E-state index is -4.31. The van der Waals surface area contributed by atoms with Crippen LogP contribution in [0.1, 0.15) is 42.7 Å². The third kappa shape index (κ3) is 3.33. The molecule has 2 heterocycles. The Bertz CT molecular complexity index is 889. The zero-order valence-electron chi connectivity index (χ0n) is 13.8. The maximum Gasteiger partial charge on any atom is 0.416 e. The van der Waals surface area contributed by atoms with E-state index >= 15 is 0 Å². The Morgan fingerprint density at radius 2 is 1.77 bits per heavy atom. The van der Waals surface area contributed by atoms with Gasteiger partial charge in [-0.2, -0.15) is 13.2 Å². The Balaban J connectivity index is 1.56. The second-order valence-corrected chi connectivity index (χ2v) is 6.51. The molecule has 1 fully saturated rings. The summed E-state index contributed by atoms with van der Waals surface area (Å²) < 4.78 is 39.7. The van der Waals surface area contributed by atoms with Crippen molar-refractivity contribution in [1.82, 2.24) is 25.3 Å². The smallest absolute Gasteiger partial charge is 0.365 e. The predicted molar refractivity (Wildman–Crippen MR) is 88.6 cm³/mol. The maximum absolute atomic E-state index is 12.8. The summed E-state index contributed by atoms with van der Waals surface area (Å²) in [5.74, 6) is 0.783. The summed E-state index contributed by atoms with van der Waals surface area (Å²) >= 11 is 0. The Morgan fingerprint density at radius 3 is 2.54 bits per heavy atom. The first-order valence-electron chi connectivity index (χ1n) is 8.50. The molecule has 0 radical (unpaired) electrons. The highest BCUT2D eigenvalue weighted by Gasteiger charge is 2.31. The molecule has 0 bridgehead atoms. The second-order valence-electron chi connectivity index (χ2n) is 6.51. The zero-order chi connectivity index (χ0) is 18.1. The first kappa shape index (κ1) is 16.7. The van der Waals surface area contributed by atoms with Crippen LogP contribution in [0.2, 0.25) is 0 Å². The molecule has 0 unspecified atom stereocenters. The molecule has 4 rings (SSSR count). The number of anilines is 1. The van der Waals surface area contributed by atoms with Crippen LogP contribution in [-0.2, 0) is 6.18 Å². The first-order valence-corrected chi connectivity index (χ1v) is 8.50. The van der Waals surface area contributed by atoms with Gasteiger partial charge in [-0.15, -0.1) is 14.8 Å². The quantitative estimate of drug-likeness (QED) is 0.770. The van der Waals surface area contributed by atoms with Crippen LogP contribution >= 0.6 is 0 Å².